The van der Waals surface area contributed by atoms with Crippen molar-refractivity contribution in [1.82, 2.24) is 21.3 Å². The molecule has 1 aliphatic heterocycles. The molecular weight excluding hydrogens is 602 g/mol. The van der Waals surface area contributed by atoms with Crippen LogP contribution in [0, 0.1) is 17.3 Å². The van der Waals surface area contributed by atoms with Gasteiger partial charge < -0.3 is 51.3 Å². The van der Waals surface area contributed by atoms with Crippen molar-refractivity contribution in [3.63, 3.8) is 0 Å². The van der Waals surface area contributed by atoms with Crippen LogP contribution in [0.2, 0.25) is 0 Å². The van der Waals surface area contributed by atoms with Gasteiger partial charge in [-0.1, -0.05) is 18.3 Å². The molecule has 2 unspecified atom stereocenters. The quantitative estimate of drug-likeness (QED) is 0.0282. The Hall–Kier alpha value is -2.84. The molecule has 1 rings (SSSR count). The number of phosphoric ester groups is 2. The third kappa shape index (κ3) is 17.2. The van der Waals surface area contributed by atoms with E-state index in [4.69, 9.17) is 35.5 Å². The fourth-order valence-corrected chi connectivity index (χ4v) is 4.39. The lowest BCUT2D eigenvalue weighted by molar-refractivity contribution is -0.127. The molecule has 1 saturated heterocycles. The number of hydrogen-bond acceptors (Lipinski definition) is 10. The topological polar surface area (TPSA) is 292 Å². The van der Waals surface area contributed by atoms with Gasteiger partial charge in [0, 0.05) is 32.5 Å². The monoisotopic (exact) mass is 640 g/mol. The van der Waals surface area contributed by atoms with E-state index in [9.17, 15) is 23.5 Å². The Morgan fingerprint density at radius 3 is 2.43 bits per heavy atom. The zero-order chi connectivity index (χ0) is 31.9. The molecule has 42 heavy (non-hydrogen) atoms. The molecule has 0 radical (unpaired) electrons. The van der Waals surface area contributed by atoms with Crippen molar-refractivity contribution >= 4 is 39.2 Å². The van der Waals surface area contributed by atoms with Crippen LogP contribution in [0.3, 0.4) is 0 Å². The summed E-state index contributed by atoms with van der Waals surface area (Å²) < 4.78 is 36.6. The Kier molecular flexibility index (Phi) is 15.9. The predicted octanol–water partition coefficient (Wildman–Crippen LogP) is -1.58. The number of phosphoric acid groups is 2. The summed E-state index contributed by atoms with van der Waals surface area (Å²) in [4.78, 5) is 70.7. The molecule has 0 saturated carbocycles. The van der Waals surface area contributed by atoms with Crippen LogP contribution >= 0.6 is 15.6 Å². The van der Waals surface area contributed by atoms with E-state index in [0.29, 0.717) is 25.8 Å². The maximum Gasteiger partial charge on any atom is 0.469 e. The summed E-state index contributed by atoms with van der Waals surface area (Å²) in [5.74, 6) is 3.97. The second kappa shape index (κ2) is 18.0. The number of nitrogens with two attached hydrogens (primary N) is 1. The van der Waals surface area contributed by atoms with Gasteiger partial charge in [0.2, 0.25) is 17.7 Å². The maximum absolute atomic E-state index is 12.0. The predicted molar refractivity (Wildman–Crippen MR) is 147 cm³/mol. The molecule has 0 aromatic heterocycles. The molecule has 0 spiro atoms. The second-order valence-electron chi connectivity index (χ2n) is 9.06. The van der Waals surface area contributed by atoms with E-state index in [1.165, 1.54) is 13.1 Å². The van der Waals surface area contributed by atoms with Gasteiger partial charge in [0.15, 0.2) is 0 Å². The fraction of sp³-hybridized carbons (Fsp3) is 0.636. The normalized spacial score (nSPS) is 19.7. The van der Waals surface area contributed by atoms with Crippen molar-refractivity contribution < 1.29 is 56.9 Å². The van der Waals surface area contributed by atoms with Crippen LogP contribution in [0.25, 0.3) is 0 Å². The molecule has 20 heteroatoms. The van der Waals surface area contributed by atoms with E-state index in [2.05, 4.69) is 42.2 Å². The first-order valence-electron chi connectivity index (χ1n) is 12.7. The van der Waals surface area contributed by atoms with Crippen molar-refractivity contribution in [3.8, 4) is 11.8 Å². The highest BCUT2D eigenvalue weighted by Gasteiger charge is 2.40. The fourth-order valence-electron chi connectivity index (χ4n) is 3.48. The smallest absolute Gasteiger partial charge is 0.383 e. The van der Waals surface area contributed by atoms with Crippen molar-refractivity contribution in [2.75, 3.05) is 19.7 Å². The van der Waals surface area contributed by atoms with Gasteiger partial charge >= 0.3 is 15.6 Å². The molecule has 0 aliphatic carbocycles. The highest BCUT2D eigenvalue weighted by Crippen LogP contribution is 2.43. The minimum absolute atomic E-state index is 0.00471. The van der Waals surface area contributed by atoms with E-state index in [1.54, 1.807) is 6.92 Å². The first-order valence-corrected chi connectivity index (χ1v) is 15.7. The SMILES string of the molecule is CC(=O)NC(C)C(=O)NCCCCCC(=O)NCC#C/C(=C/N[C@H]1CC(OP(=O)(O)O)[C@@H](COP(=O)(O)O)O1)C(=N)N. The van der Waals surface area contributed by atoms with E-state index in [1.807, 2.05) is 0 Å². The molecule has 1 aliphatic rings. The van der Waals surface area contributed by atoms with E-state index >= 15 is 0 Å². The zero-order valence-electron chi connectivity index (χ0n) is 23.1. The van der Waals surface area contributed by atoms with Crippen LogP contribution in [0.1, 0.15) is 46.0 Å². The van der Waals surface area contributed by atoms with Gasteiger partial charge in [-0.2, -0.15) is 0 Å². The lowest BCUT2D eigenvalue weighted by Gasteiger charge is -2.19. The number of amides is 3. The molecule has 1 fully saturated rings. The van der Waals surface area contributed by atoms with Gasteiger partial charge in [0.05, 0.1) is 18.7 Å². The standard InChI is InChI=1S/C22H38N6O12P2/c1-14(28-15(2)29)22(31)26-9-5-3-4-8-19(30)25-10-6-7-16(21(23)24)12-27-20-11-17(40-42(35,36)37)18(39-20)13-38-41(32,33)34/h12,14,17-18,20,27H,3-5,8-11,13H2,1-2H3,(H3,23,24)(H,25,30)(H,26,31)(H,28,29)(H2,32,33,34)(H2,35,36,37)/b16-12-/t14?,17?,18-,20-/m1/s1. The summed E-state index contributed by atoms with van der Waals surface area (Å²) >= 11 is 0. The lowest BCUT2D eigenvalue weighted by Crippen LogP contribution is -2.44. The number of hydrogen-bond donors (Lipinski definition) is 10. The number of unbranched alkanes of at least 4 members (excludes halogenated alkanes) is 2. The van der Waals surface area contributed by atoms with Gasteiger partial charge in [-0.3, -0.25) is 28.8 Å². The third-order valence-electron chi connectivity index (χ3n) is 5.37. The summed E-state index contributed by atoms with van der Waals surface area (Å²) in [6.07, 6.45) is -0.278. The maximum atomic E-state index is 12.0. The summed E-state index contributed by atoms with van der Waals surface area (Å²) in [7, 11) is -9.84. The molecule has 0 aromatic carbocycles. The number of ether oxygens (including phenoxy) is 1. The van der Waals surface area contributed by atoms with Gasteiger partial charge in [0.1, 0.15) is 30.3 Å². The van der Waals surface area contributed by atoms with E-state index < -0.39 is 52.6 Å². The molecular formula is C22H38N6O12P2. The largest absolute Gasteiger partial charge is 0.469 e. The summed E-state index contributed by atoms with van der Waals surface area (Å²) in [5, 5.41) is 18.1. The van der Waals surface area contributed by atoms with Crippen LogP contribution in [-0.2, 0) is 37.3 Å². The molecule has 0 bridgehead atoms. The first-order chi connectivity index (χ1) is 19.5. The zero-order valence-corrected chi connectivity index (χ0v) is 24.9. The second-order valence-corrected chi connectivity index (χ2v) is 11.5. The van der Waals surface area contributed by atoms with Crippen molar-refractivity contribution in [2.24, 2.45) is 5.73 Å². The van der Waals surface area contributed by atoms with Crippen LogP contribution in [0.15, 0.2) is 11.8 Å². The first kappa shape index (κ1) is 37.2. The molecule has 238 valence electrons. The average molecular weight is 641 g/mol. The minimum atomic E-state index is -4.96. The molecule has 3 amide bonds. The summed E-state index contributed by atoms with van der Waals surface area (Å²) in [5.41, 5.74) is 5.53. The lowest BCUT2D eigenvalue weighted by atomic mass is 10.2. The molecule has 0 aromatic rings. The van der Waals surface area contributed by atoms with Crippen LogP contribution in [0.5, 0.6) is 0 Å². The Balaban J connectivity index is 2.48. The van der Waals surface area contributed by atoms with E-state index in [-0.39, 0.29) is 42.7 Å². The number of amidine groups is 1. The van der Waals surface area contributed by atoms with Gasteiger partial charge in [-0.15, -0.1) is 0 Å². The Labute approximate surface area is 242 Å². The van der Waals surface area contributed by atoms with E-state index in [0.717, 1.165) is 0 Å². The Morgan fingerprint density at radius 1 is 1.14 bits per heavy atom. The molecule has 11 N–H and O–H groups in total. The van der Waals surface area contributed by atoms with Crippen molar-refractivity contribution in [1.29, 1.82) is 5.41 Å². The number of carbonyl (C=O) groups is 3. The van der Waals surface area contributed by atoms with Crippen molar-refractivity contribution in [3.05, 3.63) is 11.8 Å². The Morgan fingerprint density at radius 2 is 1.83 bits per heavy atom. The summed E-state index contributed by atoms with van der Waals surface area (Å²) in [6.45, 7) is 2.56. The van der Waals surface area contributed by atoms with Gasteiger partial charge in [-0.25, -0.2) is 9.13 Å². The number of nitrogens with one attached hydrogen (secondary N) is 5. The summed E-state index contributed by atoms with van der Waals surface area (Å²) in [6, 6.07) is -0.627. The highest BCUT2D eigenvalue weighted by molar-refractivity contribution is 7.46. The van der Waals surface area contributed by atoms with Crippen LogP contribution < -0.4 is 27.0 Å². The highest BCUT2D eigenvalue weighted by atomic mass is 31.2. The molecule has 1 heterocycles. The third-order valence-corrected chi connectivity index (χ3v) is 6.40. The van der Waals surface area contributed by atoms with Gasteiger partial charge in [-0.05, 0) is 19.8 Å². The van der Waals surface area contributed by atoms with Crippen molar-refractivity contribution in [2.45, 2.75) is 70.4 Å². The average Bonchev–Trinajstić information content (AvgIpc) is 3.22. The number of rotatable bonds is 17. The number of carbonyl (C=O) groups excluding carboxylic acids is 3. The van der Waals surface area contributed by atoms with Crippen LogP contribution in [0.4, 0.5) is 0 Å². The molecule has 18 nitrogen and oxygen atoms in total. The van der Waals surface area contributed by atoms with Crippen LogP contribution in [-0.4, -0.2) is 87.3 Å². The Bertz CT molecular complexity index is 1140. The molecule has 4 atom stereocenters. The minimum Gasteiger partial charge on any atom is -0.383 e. The van der Waals surface area contributed by atoms with Gasteiger partial charge in [0.25, 0.3) is 0 Å².